The average molecular weight is 584 g/mol. The predicted octanol–water partition coefficient (Wildman–Crippen LogP) is 4.42. The molecule has 4 rings (SSSR count). The van der Waals surface area contributed by atoms with Crippen molar-refractivity contribution >= 4 is 40.9 Å². The van der Waals surface area contributed by atoms with E-state index in [1.807, 2.05) is 31.2 Å². The Morgan fingerprint density at radius 3 is 2.39 bits per heavy atom. The molecule has 1 aromatic rings. The van der Waals surface area contributed by atoms with Crippen LogP contribution in [0.25, 0.3) is 0 Å². The Hall–Kier alpha value is -2.78. The van der Waals surface area contributed by atoms with E-state index in [0.29, 0.717) is 32.4 Å². The van der Waals surface area contributed by atoms with E-state index in [9.17, 15) is 19.5 Å². The van der Waals surface area contributed by atoms with Gasteiger partial charge in [0.2, 0.25) is 5.91 Å². The molecular weight excluding hydrogens is 538 g/mol. The van der Waals surface area contributed by atoms with Crippen molar-refractivity contribution in [3.8, 4) is 0 Å². The third-order valence-corrected chi connectivity index (χ3v) is 11.0. The molecule has 3 saturated heterocycles. The molecule has 2 bridgehead atoms. The fraction of sp³-hybridized carbons (Fsp3) is 0.594. The van der Waals surface area contributed by atoms with Gasteiger partial charge in [-0.05, 0) is 77.1 Å². The zero-order chi connectivity index (χ0) is 29.8. The van der Waals surface area contributed by atoms with Gasteiger partial charge >= 0.3 is 5.97 Å². The largest absolute Gasteiger partial charge is 0.461 e. The molecule has 2 unspecified atom stereocenters. The number of rotatable bonds is 15. The molecule has 224 valence electrons. The molecule has 3 aliphatic heterocycles. The Balaban J connectivity index is 1.72. The van der Waals surface area contributed by atoms with Crippen LogP contribution in [0.1, 0.15) is 52.9 Å². The fourth-order valence-electron chi connectivity index (χ4n) is 7.14. The summed E-state index contributed by atoms with van der Waals surface area (Å²) in [6, 6.07) is 7.27. The molecule has 2 amide bonds. The van der Waals surface area contributed by atoms with Crippen LogP contribution in [0, 0.1) is 11.8 Å². The van der Waals surface area contributed by atoms with E-state index in [1.54, 1.807) is 27.6 Å². The SMILES string of the molecule is C=CCOC(=O)[C@@H]1[C@H]2C(=O)N(CCCCCO)C(C(=O)N(CC=C)c3ccc(N(CC)CC)cc3)C23CC[C@@]1(C)S3. The summed E-state index contributed by atoms with van der Waals surface area (Å²) in [4.78, 5) is 48.0. The molecule has 0 aromatic heterocycles. The van der Waals surface area contributed by atoms with Crippen molar-refractivity contribution in [3.63, 3.8) is 0 Å². The van der Waals surface area contributed by atoms with E-state index >= 15 is 0 Å². The van der Waals surface area contributed by atoms with E-state index in [0.717, 1.165) is 37.3 Å². The number of carbonyl (C=O) groups excluding carboxylic acids is 3. The molecule has 1 aromatic carbocycles. The number of aliphatic hydroxyl groups excluding tert-OH is 1. The minimum absolute atomic E-state index is 0.0882. The number of fused-ring (bicyclic) bond motifs is 1. The van der Waals surface area contributed by atoms with Gasteiger partial charge in [0.15, 0.2) is 0 Å². The number of nitrogens with zero attached hydrogens (tertiary/aromatic N) is 3. The molecule has 0 saturated carbocycles. The number of benzene rings is 1. The van der Waals surface area contributed by atoms with Gasteiger partial charge in [-0.25, -0.2) is 0 Å². The summed E-state index contributed by atoms with van der Waals surface area (Å²) >= 11 is 1.64. The molecule has 0 aliphatic carbocycles. The Bertz CT molecular complexity index is 1140. The Kier molecular flexibility index (Phi) is 9.90. The van der Waals surface area contributed by atoms with E-state index in [2.05, 4.69) is 31.9 Å². The molecular formula is C32H45N3O5S. The van der Waals surface area contributed by atoms with Crippen molar-refractivity contribution in [1.29, 1.82) is 0 Å². The molecule has 0 radical (unpaired) electrons. The maximum Gasteiger partial charge on any atom is 0.311 e. The second kappa shape index (κ2) is 13.0. The molecule has 41 heavy (non-hydrogen) atoms. The number of likely N-dealkylation sites (tertiary alicyclic amines) is 1. The minimum atomic E-state index is -0.710. The van der Waals surface area contributed by atoms with Crippen LogP contribution in [-0.2, 0) is 19.1 Å². The van der Waals surface area contributed by atoms with Crippen molar-refractivity contribution in [1.82, 2.24) is 4.90 Å². The van der Waals surface area contributed by atoms with Gasteiger partial charge in [-0.3, -0.25) is 14.4 Å². The summed E-state index contributed by atoms with van der Waals surface area (Å²) in [6.45, 7) is 16.5. The fourth-order valence-corrected chi connectivity index (χ4v) is 9.48. The number of aliphatic hydroxyl groups is 1. The van der Waals surface area contributed by atoms with Crippen LogP contribution in [0.4, 0.5) is 11.4 Å². The van der Waals surface area contributed by atoms with Crippen LogP contribution in [0.2, 0.25) is 0 Å². The normalized spacial score (nSPS) is 28.0. The maximum atomic E-state index is 14.7. The Morgan fingerprint density at radius 1 is 1.10 bits per heavy atom. The third-order valence-electron chi connectivity index (χ3n) is 9.03. The van der Waals surface area contributed by atoms with Crippen LogP contribution in [0.3, 0.4) is 0 Å². The van der Waals surface area contributed by atoms with Gasteiger partial charge < -0.3 is 24.5 Å². The zero-order valence-corrected chi connectivity index (χ0v) is 25.5. The summed E-state index contributed by atoms with van der Waals surface area (Å²) in [5.41, 5.74) is 1.84. The number of hydrogen-bond donors (Lipinski definition) is 1. The van der Waals surface area contributed by atoms with Crippen molar-refractivity contribution < 1.29 is 24.2 Å². The van der Waals surface area contributed by atoms with Gasteiger partial charge in [0, 0.05) is 48.9 Å². The van der Waals surface area contributed by atoms with Gasteiger partial charge in [0.1, 0.15) is 12.6 Å². The number of amides is 2. The Morgan fingerprint density at radius 2 is 1.78 bits per heavy atom. The average Bonchev–Trinajstić information content (AvgIpc) is 3.54. The topological polar surface area (TPSA) is 90.4 Å². The van der Waals surface area contributed by atoms with Crippen LogP contribution in [0.5, 0.6) is 0 Å². The third kappa shape index (κ3) is 5.55. The molecule has 5 atom stereocenters. The lowest BCUT2D eigenvalue weighted by Crippen LogP contribution is -2.55. The highest BCUT2D eigenvalue weighted by atomic mass is 32.2. The first kappa shape index (κ1) is 31.2. The van der Waals surface area contributed by atoms with Crippen molar-refractivity contribution in [3.05, 3.63) is 49.6 Å². The number of hydrogen-bond acceptors (Lipinski definition) is 7. The van der Waals surface area contributed by atoms with E-state index < -0.39 is 27.4 Å². The van der Waals surface area contributed by atoms with E-state index in [-0.39, 0.29) is 31.0 Å². The number of thioether (sulfide) groups is 1. The number of ether oxygens (including phenoxy) is 1. The molecule has 8 nitrogen and oxygen atoms in total. The molecule has 1 spiro atoms. The lowest BCUT2D eigenvalue weighted by Gasteiger charge is -2.37. The summed E-state index contributed by atoms with van der Waals surface area (Å²) in [7, 11) is 0. The van der Waals surface area contributed by atoms with Crippen molar-refractivity contribution in [2.75, 3.05) is 49.2 Å². The number of carbonyl (C=O) groups is 3. The first-order valence-corrected chi connectivity index (χ1v) is 15.7. The lowest BCUT2D eigenvalue weighted by molar-refractivity contribution is -0.154. The summed E-state index contributed by atoms with van der Waals surface area (Å²) in [6.07, 6.45) is 6.72. The van der Waals surface area contributed by atoms with E-state index in [1.165, 1.54) is 6.08 Å². The highest BCUT2D eigenvalue weighted by molar-refractivity contribution is 8.02. The smallest absolute Gasteiger partial charge is 0.311 e. The van der Waals surface area contributed by atoms with Gasteiger partial charge in [-0.15, -0.1) is 18.3 Å². The Labute approximate surface area is 248 Å². The monoisotopic (exact) mass is 583 g/mol. The highest BCUT2D eigenvalue weighted by Crippen LogP contribution is 2.71. The quantitative estimate of drug-likeness (QED) is 0.186. The van der Waals surface area contributed by atoms with Gasteiger partial charge in [-0.1, -0.05) is 18.7 Å². The molecule has 3 heterocycles. The molecule has 9 heteroatoms. The maximum absolute atomic E-state index is 14.7. The standard InChI is InChI=1S/C32H45N3O5S/c1-6-19-34(24-15-13-23(14-16-24)33(8-3)9-4)29(38)27-32-18-17-31(5,41-32)26(30(39)40-22-7-2)25(32)28(37)35(27)20-11-10-12-21-36/h6-7,13-16,25-27,36H,1-2,8-12,17-22H2,3-5H3/t25-,26-,27?,31+,32?/m0/s1. The van der Waals surface area contributed by atoms with Crippen LogP contribution < -0.4 is 9.80 Å². The summed E-state index contributed by atoms with van der Waals surface area (Å²) in [5.74, 6) is -1.91. The van der Waals surface area contributed by atoms with Gasteiger partial charge in [0.25, 0.3) is 5.91 Å². The van der Waals surface area contributed by atoms with Gasteiger partial charge in [0.05, 0.1) is 16.6 Å². The predicted molar refractivity (Wildman–Crippen MR) is 165 cm³/mol. The zero-order valence-electron chi connectivity index (χ0n) is 24.7. The molecule has 1 N–H and O–H groups in total. The first-order valence-electron chi connectivity index (χ1n) is 14.9. The van der Waals surface area contributed by atoms with Gasteiger partial charge in [-0.2, -0.15) is 0 Å². The first-order chi connectivity index (χ1) is 19.7. The highest BCUT2D eigenvalue weighted by Gasteiger charge is 2.77. The molecule has 3 fully saturated rings. The van der Waals surface area contributed by atoms with Crippen LogP contribution >= 0.6 is 11.8 Å². The summed E-state index contributed by atoms with van der Waals surface area (Å²) in [5, 5.41) is 9.29. The second-order valence-electron chi connectivity index (χ2n) is 11.4. The summed E-state index contributed by atoms with van der Waals surface area (Å²) < 4.78 is 4.33. The van der Waals surface area contributed by atoms with Crippen LogP contribution in [0.15, 0.2) is 49.6 Å². The van der Waals surface area contributed by atoms with E-state index in [4.69, 9.17) is 4.74 Å². The van der Waals surface area contributed by atoms with Crippen LogP contribution in [-0.4, -0.2) is 82.7 Å². The number of anilines is 2. The second-order valence-corrected chi connectivity index (χ2v) is 13.3. The van der Waals surface area contributed by atoms with Crippen molar-refractivity contribution in [2.24, 2.45) is 11.8 Å². The number of esters is 1. The van der Waals surface area contributed by atoms with Crippen molar-refractivity contribution in [2.45, 2.75) is 68.4 Å². The molecule has 3 aliphatic rings. The number of unbranched alkanes of at least 4 members (excludes halogenated alkanes) is 2. The minimum Gasteiger partial charge on any atom is -0.461 e. The lowest BCUT2D eigenvalue weighted by atomic mass is 9.66.